The fraction of sp³-hybridized carbons (Fsp3) is 0.533. The lowest BCUT2D eigenvalue weighted by Crippen LogP contribution is -2.40. The Hall–Kier alpha value is -1.29. The monoisotopic (exact) mass is 399 g/mol. The van der Waals surface area contributed by atoms with Crippen LogP contribution in [-0.2, 0) is 14.8 Å². The summed E-state index contributed by atoms with van der Waals surface area (Å²) in [4.78, 5) is 11.0. The lowest BCUT2D eigenvalue weighted by molar-refractivity contribution is -0.116. The van der Waals surface area contributed by atoms with E-state index >= 15 is 0 Å². The SMILES string of the molecule is CC(N)CCC(=O)Nc1cc(S(=O)(=O)NC(C)(C)C)c(F)cc1F.Cl. The molecular formula is C15H24ClF2N3O3S. The van der Waals surface area contributed by atoms with Crippen molar-refractivity contribution in [2.75, 3.05) is 5.32 Å². The van der Waals surface area contributed by atoms with Crippen LogP contribution in [0.5, 0.6) is 0 Å². The summed E-state index contributed by atoms with van der Waals surface area (Å²) in [6, 6.07) is 0.988. The molecule has 1 rings (SSSR count). The van der Waals surface area contributed by atoms with Gasteiger partial charge in [0.1, 0.15) is 16.5 Å². The Morgan fingerprint density at radius 1 is 1.24 bits per heavy atom. The molecule has 0 aliphatic heterocycles. The standard InChI is InChI=1S/C15H23F2N3O3S.ClH/c1-9(18)5-6-14(21)19-12-8-13(11(17)7-10(12)16)24(22,23)20-15(2,3)4;/h7-9,20H,5-6,18H2,1-4H3,(H,19,21);1H. The molecule has 144 valence electrons. The Labute approximate surface area is 153 Å². The summed E-state index contributed by atoms with van der Waals surface area (Å²) >= 11 is 0. The van der Waals surface area contributed by atoms with Crippen molar-refractivity contribution in [2.24, 2.45) is 5.73 Å². The highest BCUT2D eigenvalue weighted by atomic mass is 35.5. The van der Waals surface area contributed by atoms with Crippen LogP contribution in [0.3, 0.4) is 0 Å². The number of anilines is 1. The van der Waals surface area contributed by atoms with E-state index in [9.17, 15) is 22.0 Å². The van der Waals surface area contributed by atoms with Crippen molar-refractivity contribution in [3.8, 4) is 0 Å². The summed E-state index contributed by atoms with van der Waals surface area (Å²) in [5, 5.41) is 2.24. The molecule has 0 saturated heterocycles. The van der Waals surface area contributed by atoms with Crippen LogP contribution in [0, 0.1) is 11.6 Å². The number of rotatable bonds is 6. The molecule has 0 saturated carbocycles. The second-order valence-electron chi connectivity index (χ2n) is 6.68. The maximum absolute atomic E-state index is 13.9. The van der Waals surface area contributed by atoms with Crippen molar-refractivity contribution in [1.29, 1.82) is 0 Å². The van der Waals surface area contributed by atoms with Gasteiger partial charge in [0.25, 0.3) is 0 Å². The number of nitrogens with two attached hydrogens (primary N) is 1. The van der Waals surface area contributed by atoms with E-state index in [2.05, 4.69) is 10.0 Å². The first-order chi connectivity index (χ1) is 10.8. The first kappa shape index (κ1) is 23.7. The van der Waals surface area contributed by atoms with Crippen molar-refractivity contribution in [2.45, 2.75) is 57.0 Å². The zero-order valence-corrected chi connectivity index (χ0v) is 16.2. The summed E-state index contributed by atoms with van der Waals surface area (Å²) in [6.07, 6.45) is 0.419. The van der Waals surface area contributed by atoms with Crippen molar-refractivity contribution in [3.05, 3.63) is 23.8 Å². The van der Waals surface area contributed by atoms with Crippen LogP contribution >= 0.6 is 12.4 Å². The van der Waals surface area contributed by atoms with Gasteiger partial charge in [0.05, 0.1) is 5.69 Å². The van der Waals surface area contributed by atoms with Gasteiger partial charge in [-0.25, -0.2) is 21.9 Å². The predicted molar refractivity (Wildman–Crippen MR) is 95.2 cm³/mol. The third kappa shape index (κ3) is 7.64. The molecule has 0 aromatic heterocycles. The van der Waals surface area contributed by atoms with Gasteiger partial charge >= 0.3 is 0 Å². The highest BCUT2D eigenvalue weighted by Crippen LogP contribution is 2.24. The number of benzene rings is 1. The lowest BCUT2D eigenvalue weighted by atomic mass is 10.1. The Kier molecular flexibility index (Phi) is 8.43. The topological polar surface area (TPSA) is 101 Å². The fourth-order valence-corrected chi connectivity index (χ4v) is 3.37. The molecule has 0 bridgehead atoms. The van der Waals surface area contributed by atoms with Crippen molar-refractivity contribution < 1.29 is 22.0 Å². The molecule has 1 aromatic rings. The number of halogens is 3. The smallest absolute Gasteiger partial charge is 0.244 e. The Morgan fingerprint density at radius 2 is 1.80 bits per heavy atom. The average molecular weight is 400 g/mol. The van der Waals surface area contributed by atoms with E-state index in [1.54, 1.807) is 27.7 Å². The highest BCUT2D eigenvalue weighted by Gasteiger charge is 2.26. The lowest BCUT2D eigenvalue weighted by Gasteiger charge is -2.21. The normalized spacial score (nSPS) is 13.1. The molecule has 6 nitrogen and oxygen atoms in total. The number of carbonyl (C=O) groups excluding carboxylic acids is 1. The van der Waals surface area contributed by atoms with Gasteiger partial charge in [-0.15, -0.1) is 12.4 Å². The molecule has 0 fully saturated rings. The predicted octanol–water partition coefficient (Wildman–Crippen LogP) is 2.53. The quantitative estimate of drug-likeness (QED) is 0.684. The molecule has 1 unspecified atom stereocenters. The van der Waals surface area contributed by atoms with Gasteiger partial charge in [0, 0.05) is 24.1 Å². The molecule has 1 atom stereocenters. The largest absolute Gasteiger partial charge is 0.328 e. The minimum atomic E-state index is -4.21. The number of nitrogens with one attached hydrogen (secondary N) is 2. The molecule has 4 N–H and O–H groups in total. The van der Waals surface area contributed by atoms with E-state index in [0.29, 0.717) is 12.5 Å². The van der Waals surface area contributed by atoms with Gasteiger partial charge in [0.15, 0.2) is 0 Å². The second-order valence-corrected chi connectivity index (χ2v) is 8.33. The van der Waals surface area contributed by atoms with Crippen molar-refractivity contribution in [3.63, 3.8) is 0 Å². The minimum absolute atomic E-state index is 0. The first-order valence-electron chi connectivity index (χ1n) is 7.40. The molecule has 25 heavy (non-hydrogen) atoms. The Morgan fingerprint density at radius 3 is 2.28 bits per heavy atom. The van der Waals surface area contributed by atoms with Gasteiger partial charge < -0.3 is 11.1 Å². The average Bonchev–Trinajstić information content (AvgIpc) is 2.36. The Balaban J connectivity index is 0.00000576. The highest BCUT2D eigenvalue weighted by molar-refractivity contribution is 7.89. The van der Waals surface area contributed by atoms with E-state index < -0.39 is 43.7 Å². The van der Waals surface area contributed by atoms with E-state index in [4.69, 9.17) is 5.73 Å². The van der Waals surface area contributed by atoms with Gasteiger partial charge in [-0.2, -0.15) is 0 Å². The summed E-state index contributed by atoms with van der Waals surface area (Å²) < 4.78 is 54.5. The molecule has 1 aromatic carbocycles. The zero-order chi connectivity index (χ0) is 18.7. The number of sulfonamides is 1. The molecule has 0 radical (unpaired) electrons. The molecule has 0 aliphatic rings. The van der Waals surface area contributed by atoms with Crippen LogP contribution in [0.4, 0.5) is 14.5 Å². The maximum atomic E-state index is 13.9. The maximum Gasteiger partial charge on any atom is 0.244 e. The van der Waals surface area contributed by atoms with E-state index in [1.807, 2.05) is 0 Å². The third-order valence-electron chi connectivity index (χ3n) is 2.85. The number of carbonyl (C=O) groups is 1. The third-order valence-corrected chi connectivity index (χ3v) is 4.63. The minimum Gasteiger partial charge on any atom is -0.328 e. The van der Waals surface area contributed by atoms with Crippen LogP contribution in [0.2, 0.25) is 0 Å². The number of amides is 1. The van der Waals surface area contributed by atoms with Gasteiger partial charge in [-0.3, -0.25) is 4.79 Å². The fourth-order valence-electron chi connectivity index (χ4n) is 1.86. The number of hydrogen-bond acceptors (Lipinski definition) is 4. The summed E-state index contributed by atoms with van der Waals surface area (Å²) in [7, 11) is -4.21. The second kappa shape index (κ2) is 8.88. The van der Waals surface area contributed by atoms with Gasteiger partial charge in [-0.05, 0) is 40.2 Å². The molecule has 10 heteroatoms. The van der Waals surface area contributed by atoms with Crippen LogP contribution < -0.4 is 15.8 Å². The summed E-state index contributed by atoms with van der Waals surface area (Å²) in [5.41, 5.74) is 4.28. The van der Waals surface area contributed by atoms with E-state index in [0.717, 1.165) is 6.07 Å². The van der Waals surface area contributed by atoms with Gasteiger partial charge in [-0.1, -0.05) is 0 Å². The van der Waals surface area contributed by atoms with E-state index in [1.165, 1.54) is 0 Å². The Bertz CT molecular complexity index is 719. The molecule has 0 aliphatic carbocycles. The van der Waals surface area contributed by atoms with E-state index in [-0.39, 0.29) is 24.9 Å². The van der Waals surface area contributed by atoms with Crippen molar-refractivity contribution >= 4 is 34.0 Å². The van der Waals surface area contributed by atoms with Crippen LogP contribution in [0.1, 0.15) is 40.5 Å². The molecule has 1 amide bonds. The van der Waals surface area contributed by atoms with Crippen LogP contribution in [0.15, 0.2) is 17.0 Å². The molecule has 0 spiro atoms. The molecular weight excluding hydrogens is 376 g/mol. The van der Waals surface area contributed by atoms with Crippen molar-refractivity contribution in [1.82, 2.24) is 4.72 Å². The van der Waals surface area contributed by atoms with Crippen LogP contribution in [0.25, 0.3) is 0 Å². The first-order valence-corrected chi connectivity index (χ1v) is 8.88. The molecule has 0 heterocycles. The van der Waals surface area contributed by atoms with Gasteiger partial charge in [0.2, 0.25) is 15.9 Å². The number of hydrogen-bond donors (Lipinski definition) is 3. The zero-order valence-electron chi connectivity index (χ0n) is 14.5. The van der Waals surface area contributed by atoms with Crippen LogP contribution in [-0.4, -0.2) is 25.9 Å². The summed E-state index contributed by atoms with van der Waals surface area (Å²) in [6.45, 7) is 6.47. The summed E-state index contributed by atoms with van der Waals surface area (Å²) in [5.74, 6) is -2.83.